The number of aliphatic hydroxyl groups is 1. The second-order valence-corrected chi connectivity index (χ2v) is 14.5. The van der Waals surface area contributed by atoms with Gasteiger partial charge in [0, 0.05) is 43.4 Å². The number of alkyl halides is 3. The van der Waals surface area contributed by atoms with Gasteiger partial charge in [-0.15, -0.1) is 34.9 Å². The van der Waals surface area contributed by atoms with Crippen LogP contribution in [-0.2, 0) is 31.3 Å². The number of pyridine rings is 1. The number of aryl methyl sites for hydroxylation is 2. The molecule has 0 atom stereocenters. The molecule has 2 aromatic carbocycles. The van der Waals surface area contributed by atoms with Crippen LogP contribution in [0.5, 0.6) is 0 Å². The maximum absolute atomic E-state index is 13.3. The number of nitrogens with zero attached hydrogens (tertiary/aromatic N) is 1. The van der Waals surface area contributed by atoms with Gasteiger partial charge in [-0.1, -0.05) is 107 Å². The number of ketones is 1. The number of halogens is 3. The standard InChI is InChI=1S/C22H21F3N.C17H32O2.Ir/c1-14-10-15(2)12-17(11-14)19-9-8-18-16(6-5-7-20(18)26-19)13-21(3,4)22(23,24)25;1-10(2)16(11(3)4)14(18)9-15(19)17(12(5)6)13(7)8;/h5-11H,13H2,1-4H3;9-13,16-18H,1-8H3;/q-1;;/b;14-9-;. The first-order valence-electron chi connectivity index (χ1n) is 16.1. The fraction of sp³-hybridized carbons (Fsp3) is 0.538. The molecule has 3 rings (SSSR count). The molecule has 0 spiro atoms. The van der Waals surface area contributed by atoms with Gasteiger partial charge in [0.25, 0.3) is 0 Å². The molecule has 0 fully saturated rings. The van der Waals surface area contributed by atoms with E-state index in [0.29, 0.717) is 34.8 Å². The smallest absolute Gasteiger partial charge is 0.394 e. The molecule has 257 valence electrons. The van der Waals surface area contributed by atoms with Crippen LogP contribution in [0, 0.1) is 60.8 Å². The summed E-state index contributed by atoms with van der Waals surface area (Å²) in [4.78, 5) is 17.0. The number of allylic oxidation sites excluding steroid dienone is 2. The number of carbonyl (C=O) groups is 1. The van der Waals surface area contributed by atoms with Gasteiger partial charge >= 0.3 is 6.18 Å². The van der Waals surface area contributed by atoms with Gasteiger partial charge in [0.2, 0.25) is 0 Å². The minimum absolute atomic E-state index is 0. The van der Waals surface area contributed by atoms with Gasteiger partial charge < -0.3 is 5.11 Å². The minimum Gasteiger partial charge on any atom is -0.512 e. The van der Waals surface area contributed by atoms with Crippen LogP contribution in [0.3, 0.4) is 0 Å². The molecule has 0 aliphatic rings. The van der Waals surface area contributed by atoms with Crippen LogP contribution in [-0.4, -0.2) is 22.1 Å². The molecule has 1 N–H and O–H groups in total. The zero-order chi connectivity index (χ0) is 34.4. The summed E-state index contributed by atoms with van der Waals surface area (Å²) in [5, 5.41) is 11.0. The van der Waals surface area contributed by atoms with E-state index < -0.39 is 11.6 Å². The molecular weight excluding hydrogens is 764 g/mol. The van der Waals surface area contributed by atoms with Gasteiger partial charge in [-0.3, -0.25) is 9.78 Å². The van der Waals surface area contributed by atoms with Crippen molar-refractivity contribution in [2.45, 2.75) is 95.7 Å². The number of aromatic nitrogens is 1. The second-order valence-electron chi connectivity index (χ2n) is 14.5. The monoisotopic (exact) mass is 817 g/mol. The maximum atomic E-state index is 13.3. The molecule has 0 aliphatic heterocycles. The normalized spacial score (nSPS) is 12.8. The predicted molar refractivity (Wildman–Crippen MR) is 181 cm³/mol. The van der Waals surface area contributed by atoms with Gasteiger partial charge in [0.15, 0.2) is 5.78 Å². The van der Waals surface area contributed by atoms with E-state index in [1.54, 1.807) is 12.1 Å². The zero-order valence-corrected chi connectivity index (χ0v) is 32.0. The van der Waals surface area contributed by atoms with E-state index in [1.165, 1.54) is 19.9 Å². The molecular formula is C39H53F3IrNO2-. The minimum atomic E-state index is -4.25. The Balaban J connectivity index is 0.000000475. The Kier molecular flexibility index (Phi) is 15.4. The summed E-state index contributed by atoms with van der Waals surface area (Å²) in [6.07, 6.45) is -2.85. The van der Waals surface area contributed by atoms with Crippen molar-refractivity contribution >= 4 is 16.7 Å². The van der Waals surface area contributed by atoms with E-state index in [2.05, 4.69) is 66.4 Å². The Morgan fingerprint density at radius 2 is 1.41 bits per heavy atom. The van der Waals surface area contributed by atoms with E-state index in [1.807, 2.05) is 44.2 Å². The van der Waals surface area contributed by atoms with Crippen molar-refractivity contribution in [2.75, 3.05) is 0 Å². The largest absolute Gasteiger partial charge is 0.512 e. The molecule has 1 radical (unpaired) electrons. The summed E-state index contributed by atoms with van der Waals surface area (Å²) in [6, 6.07) is 16.4. The van der Waals surface area contributed by atoms with Crippen molar-refractivity contribution in [3.05, 3.63) is 77.1 Å². The number of fused-ring (bicyclic) bond motifs is 1. The van der Waals surface area contributed by atoms with Crippen LogP contribution in [0.2, 0.25) is 0 Å². The summed E-state index contributed by atoms with van der Waals surface area (Å²) in [7, 11) is 0. The van der Waals surface area contributed by atoms with Crippen LogP contribution in [0.15, 0.2) is 54.3 Å². The Bertz CT molecular complexity index is 1440. The molecule has 7 heteroatoms. The van der Waals surface area contributed by atoms with Crippen molar-refractivity contribution in [1.82, 2.24) is 4.98 Å². The number of aliphatic hydroxyl groups excluding tert-OH is 1. The van der Waals surface area contributed by atoms with Gasteiger partial charge in [-0.25, -0.2) is 0 Å². The van der Waals surface area contributed by atoms with E-state index in [0.717, 1.165) is 27.8 Å². The van der Waals surface area contributed by atoms with Crippen molar-refractivity contribution < 1.29 is 43.2 Å². The molecule has 1 heterocycles. The molecule has 0 unspecified atom stereocenters. The Morgan fingerprint density at radius 3 is 1.89 bits per heavy atom. The molecule has 0 amide bonds. The summed E-state index contributed by atoms with van der Waals surface area (Å²) in [5.74, 6) is 1.63. The first kappa shape index (κ1) is 41.5. The van der Waals surface area contributed by atoms with Crippen LogP contribution in [0.1, 0.15) is 85.9 Å². The molecule has 1 aromatic heterocycles. The van der Waals surface area contributed by atoms with Gasteiger partial charge in [0.1, 0.15) is 0 Å². The molecule has 0 saturated carbocycles. The molecule has 0 saturated heterocycles. The molecule has 46 heavy (non-hydrogen) atoms. The van der Waals surface area contributed by atoms with E-state index >= 15 is 0 Å². The first-order chi connectivity index (χ1) is 20.7. The summed E-state index contributed by atoms with van der Waals surface area (Å²) < 4.78 is 39.8. The quantitative estimate of drug-likeness (QED) is 0.126. The van der Waals surface area contributed by atoms with Crippen molar-refractivity contribution in [2.24, 2.45) is 40.9 Å². The van der Waals surface area contributed by atoms with E-state index in [-0.39, 0.29) is 49.9 Å². The van der Waals surface area contributed by atoms with Crippen molar-refractivity contribution in [3.8, 4) is 11.3 Å². The number of hydrogen-bond acceptors (Lipinski definition) is 3. The van der Waals surface area contributed by atoms with Crippen LogP contribution in [0.25, 0.3) is 22.2 Å². The number of carbonyl (C=O) groups excluding carboxylic acids is 1. The van der Waals surface area contributed by atoms with Crippen molar-refractivity contribution in [1.29, 1.82) is 0 Å². The molecule has 3 nitrogen and oxygen atoms in total. The Hall–Kier alpha value is -2.50. The molecule has 0 aliphatic carbocycles. The van der Waals surface area contributed by atoms with Crippen LogP contribution in [0.4, 0.5) is 13.2 Å². The first-order valence-corrected chi connectivity index (χ1v) is 16.1. The second kappa shape index (κ2) is 17.1. The average Bonchev–Trinajstić information content (AvgIpc) is 2.86. The number of hydrogen-bond donors (Lipinski definition) is 1. The fourth-order valence-corrected chi connectivity index (χ4v) is 6.35. The Morgan fingerprint density at radius 1 is 0.870 bits per heavy atom. The average molecular weight is 817 g/mol. The third kappa shape index (κ3) is 11.0. The van der Waals surface area contributed by atoms with E-state index in [9.17, 15) is 23.1 Å². The summed E-state index contributed by atoms with van der Waals surface area (Å²) in [5.41, 5.74) is 3.39. The fourth-order valence-electron chi connectivity index (χ4n) is 6.35. The predicted octanol–water partition coefficient (Wildman–Crippen LogP) is 11.3. The van der Waals surface area contributed by atoms with Gasteiger partial charge in [0.05, 0.1) is 16.7 Å². The van der Waals surface area contributed by atoms with Gasteiger partial charge in [-0.05, 0) is 47.4 Å². The topological polar surface area (TPSA) is 50.2 Å². The van der Waals surface area contributed by atoms with E-state index in [4.69, 9.17) is 0 Å². The SMILES string of the molecule is CC(C)C(C(=O)/C=C(\O)C(C(C)C)C(C)C)C(C)C.Cc1[c-]c(-c2ccc3c(CC(C)(C)C(F)(F)F)cccc3n2)cc(C)c1.[Ir]. The Labute approximate surface area is 288 Å². The number of rotatable bonds is 10. The third-order valence-electron chi connectivity index (χ3n) is 8.48. The van der Waals surface area contributed by atoms with Gasteiger partial charge in [-0.2, -0.15) is 13.2 Å². The summed E-state index contributed by atoms with van der Waals surface area (Å²) >= 11 is 0. The van der Waals surface area contributed by atoms with Crippen LogP contribution < -0.4 is 0 Å². The zero-order valence-electron chi connectivity index (χ0n) is 29.6. The van der Waals surface area contributed by atoms with Crippen LogP contribution >= 0.6 is 0 Å². The van der Waals surface area contributed by atoms with Crippen molar-refractivity contribution in [3.63, 3.8) is 0 Å². The number of benzene rings is 2. The third-order valence-corrected chi connectivity index (χ3v) is 8.48. The summed E-state index contributed by atoms with van der Waals surface area (Å²) in [6.45, 7) is 23.1. The molecule has 0 bridgehead atoms. The maximum Gasteiger partial charge on any atom is 0.394 e. The molecule has 3 aromatic rings.